The van der Waals surface area contributed by atoms with Gasteiger partial charge in [0.1, 0.15) is 6.54 Å². The van der Waals surface area contributed by atoms with Crippen LogP contribution >= 0.6 is 43.5 Å². The number of non-ortho nitro benzene ring substituents is 1. The lowest BCUT2D eigenvalue weighted by Crippen LogP contribution is -2.52. The molecule has 0 spiro atoms. The van der Waals surface area contributed by atoms with E-state index in [1.807, 2.05) is 0 Å². The number of carbonyl (C=O) groups is 4. The van der Waals surface area contributed by atoms with E-state index < -0.39 is 46.8 Å². The molecule has 2 aromatic carbocycles. The minimum Gasteiger partial charge on any atom is -0.292 e. The third-order valence-corrected chi connectivity index (χ3v) is 9.11. The van der Waals surface area contributed by atoms with E-state index in [0.29, 0.717) is 17.9 Å². The van der Waals surface area contributed by atoms with Crippen LogP contribution in [0.25, 0.3) is 0 Å². The fraction of sp³-hybridized carbons (Fsp3) is 0.304. The highest BCUT2D eigenvalue weighted by molar-refractivity contribution is 9.12. The topological polar surface area (TPSA) is 118 Å². The van der Waals surface area contributed by atoms with E-state index >= 15 is 0 Å². The molecule has 1 saturated heterocycles. The summed E-state index contributed by atoms with van der Waals surface area (Å²) < 4.78 is 0. The van der Waals surface area contributed by atoms with Crippen LogP contribution in [0.15, 0.2) is 48.5 Å². The van der Waals surface area contributed by atoms with Crippen LogP contribution in [0, 0.1) is 22.0 Å². The van der Waals surface area contributed by atoms with Crippen molar-refractivity contribution in [2.75, 3.05) is 6.54 Å². The van der Waals surface area contributed by atoms with E-state index in [4.69, 9.17) is 11.6 Å². The zero-order valence-corrected chi connectivity index (χ0v) is 21.9. The molecule has 1 saturated carbocycles. The molecule has 1 aliphatic heterocycles. The maximum absolute atomic E-state index is 13.5. The van der Waals surface area contributed by atoms with Crippen molar-refractivity contribution in [1.29, 1.82) is 0 Å². The number of ketones is 1. The summed E-state index contributed by atoms with van der Waals surface area (Å²) in [6.45, 7) is -0.658. The summed E-state index contributed by atoms with van der Waals surface area (Å²) in [6.07, 6.45) is 0.785. The molecule has 182 valence electrons. The van der Waals surface area contributed by atoms with E-state index in [-0.39, 0.29) is 26.5 Å². The molecule has 0 radical (unpaired) electrons. The van der Waals surface area contributed by atoms with Crippen molar-refractivity contribution < 1.29 is 24.1 Å². The molecule has 0 N–H and O–H groups in total. The van der Waals surface area contributed by atoms with Gasteiger partial charge in [-0.15, -0.1) is 0 Å². The number of fused-ring (bicyclic) bond motifs is 1. The van der Waals surface area contributed by atoms with Gasteiger partial charge in [0.05, 0.1) is 16.8 Å². The Kier molecular flexibility index (Phi) is 7.39. The van der Waals surface area contributed by atoms with Gasteiger partial charge in [-0.05, 0) is 37.1 Å². The monoisotopic (exact) mass is 625 g/mol. The molecule has 0 unspecified atom stereocenters. The van der Waals surface area contributed by atoms with Crippen LogP contribution in [-0.2, 0) is 9.59 Å². The molecule has 0 bridgehead atoms. The van der Waals surface area contributed by atoms with Crippen molar-refractivity contribution in [2.24, 2.45) is 11.8 Å². The third-order valence-electron chi connectivity index (χ3n) is 6.13. The van der Waals surface area contributed by atoms with E-state index in [0.717, 1.165) is 16.1 Å². The van der Waals surface area contributed by atoms with Gasteiger partial charge in [-0.25, -0.2) is 5.01 Å². The Bertz CT molecular complexity index is 1200. The van der Waals surface area contributed by atoms with Crippen LogP contribution in [0.1, 0.15) is 33.6 Å². The molecule has 1 aliphatic carbocycles. The van der Waals surface area contributed by atoms with Gasteiger partial charge in [-0.2, -0.15) is 5.01 Å². The van der Waals surface area contributed by atoms with Crippen LogP contribution < -0.4 is 0 Å². The molecule has 3 amide bonds. The molecule has 4 rings (SSSR count). The first-order valence-electron chi connectivity index (χ1n) is 10.6. The first-order valence-corrected chi connectivity index (χ1v) is 12.8. The quantitative estimate of drug-likeness (QED) is 0.154. The van der Waals surface area contributed by atoms with Crippen molar-refractivity contribution in [1.82, 2.24) is 10.0 Å². The lowest BCUT2D eigenvalue weighted by Gasteiger charge is -2.30. The maximum Gasteiger partial charge on any atom is 0.273 e. The second-order valence-corrected chi connectivity index (χ2v) is 11.1. The van der Waals surface area contributed by atoms with Gasteiger partial charge in [0.25, 0.3) is 23.4 Å². The minimum absolute atomic E-state index is 0.0225. The number of halogens is 3. The first kappa shape index (κ1) is 25.5. The van der Waals surface area contributed by atoms with E-state index in [9.17, 15) is 29.3 Å². The standard InChI is InChI=1S/C23H18Br2ClN3O6/c24-18-9-16-17(10-19(18)25)23(33)28(22(16)32)27(21(31)12-4-6-14(26)7-5-12)11-20(30)13-2-1-3-15(8-13)29(34)35/h1-8,16-19H,9-11H2/t16-,17-,18-,19+/m1/s1. The van der Waals surface area contributed by atoms with Gasteiger partial charge in [0.15, 0.2) is 5.78 Å². The third kappa shape index (κ3) is 5.03. The average molecular weight is 628 g/mol. The summed E-state index contributed by atoms with van der Waals surface area (Å²) in [6, 6.07) is 10.9. The largest absolute Gasteiger partial charge is 0.292 e. The summed E-state index contributed by atoms with van der Waals surface area (Å²) in [5, 5.41) is 13.1. The number of Topliss-reactive ketones (excluding diaryl/α,β-unsaturated/α-hetero) is 1. The molecule has 9 nitrogen and oxygen atoms in total. The number of hydrogen-bond donors (Lipinski definition) is 0. The van der Waals surface area contributed by atoms with E-state index in [2.05, 4.69) is 31.9 Å². The number of alkyl halides is 2. The number of benzene rings is 2. The lowest BCUT2D eigenvalue weighted by atomic mass is 9.81. The van der Waals surface area contributed by atoms with E-state index in [1.54, 1.807) is 0 Å². The van der Waals surface area contributed by atoms with Crippen molar-refractivity contribution >= 4 is 72.7 Å². The van der Waals surface area contributed by atoms with Gasteiger partial charge in [-0.3, -0.25) is 29.3 Å². The average Bonchev–Trinajstić information content (AvgIpc) is 3.07. The molecule has 0 aromatic heterocycles. The second kappa shape index (κ2) is 10.2. The maximum atomic E-state index is 13.5. The summed E-state index contributed by atoms with van der Waals surface area (Å²) in [5.74, 6) is -3.78. The SMILES string of the molecule is O=C(CN(C(=O)c1ccc(Cl)cc1)N1C(=O)[C@@H]2C[C@@H](Br)[C@@H](Br)C[C@H]2C1=O)c1cccc([N+](=O)[O-])c1. The summed E-state index contributed by atoms with van der Waals surface area (Å²) in [5.41, 5.74) is -0.198. The van der Waals surface area contributed by atoms with Crippen LogP contribution in [0.3, 0.4) is 0 Å². The van der Waals surface area contributed by atoms with Crippen molar-refractivity contribution in [3.63, 3.8) is 0 Å². The Morgan fingerprint density at radius 3 is 2.11 bits per heavy atom. The molecule has 2 aromatic rings. The molecular formula is C23H18Br2ClN3O6. The zero-order valence-electron chi connectivity index (χ0n) is 18.0. The number of hydrazine groups is 1. The number of imide groups is 1. The molecule has 2 fully saturated rings. The molecular weight excluding hydrogens is 610 g/mol. The van der Waals surface area contributed by atoms with Gasteiger partial charge in [0, 0.05) is 37.9 Å². The second-order valence-electron chi connectivity index (χ2n) is 8.30. The Labute approximate surface area is 221 Å². The van der Waals surface area contributed by atoms with Gasteiger partial charge in [0.2, 0.25) is 0 Å². The fourth-order valence-corrected chi connectivity index (χ4v) is 5.67. The predicted octanol–water partition coefficient (Wildman–Crippen LogP) is 4.41. The normalized spacial score (nSPS) is 23.7. The number of hydrogen-bond acceptors (Lipinski definition) is 6. The lowest BCUT2D eigenvalue weighted by molar-refractivity contribution is -0.384. The van der Waals surface area contributed by atoms with Gasteiger partial charge in [-0.1, -0.05) is 55.6 Å². The Morgan fingerprint density at radius 1 is 1.00 bits per heavy atom. The molecule has 35 heavy (non-hydrogen) atoms. The van der Waals surface area contributed by atoms with Crippen molar-refractivity contribution in [3.8, 4) is 0 Å². The highest BCUT2D eigenvalue weighted by Crippen LogP contribution is 2.43. The summed E-state index contributed by atoms with van der Waals surface area (Å²) in [7, 11) is 0. The molecule has 1 heterocycles. The number of rotatable bonds is 6. The van der Waals surface area contributed by atoms with Gasteiger partial charge >= 0.3 is 0 Å². The van der Waals surface area contributed by atoms with Crippen LogP contribution in [0.2, 0.25) is 5.02 Å². The molecule has 4 atom stereocenters. The Hall–Kier alpha value is -2.63. The predicted molar refractivity (Wildman–Crippen MR) is 133 cm³/mol. The Morgan fingerprint density at radius 2 is 1.57 bits per heavy atom. The zero-order chi connectivity index (χ0) is 25.4. The smallest absolute Gasteiger partial charge is 0.273 e. The van der Waals surface area contributed by atoms with Crippen LogP contribution in [0.5, 0.6) is 0 Å². The van der Waals surface area contributed by atoms with E-state index in [1.165, 1.54) is 42.5 Å². The number of amides is 3. The summed E-state index contributed by atoms with van der Waals surface area (Å²) >= 11 is 13.0. The molecule has 2 aliphatic rings. The Balaban J connectivity index is 1.70. The number of nitro groups is 1. The summed E-state index contributed by atoms with van der Waals surface area (Å²) in [4.78, 5) is 63.7. The number of nitro benzene ring substituents is 1. The first-order chi connectivity index (χ1) is 16.6. The molecule has 12 heteroatoms. The van der Waals surface area contributed by atoms with Crippen molar-refractivity contribution in [2.45, 2.75) is 22.5 Å². The van der Waals surface area contributed by atoms with Crippen molar-refractivity contribution in [3.05, 3.63) is 74.8 Å². The number of carbonyl (C=O) groups excluding carboxylic acids is 4. The fourth-order valence-electron chi connectivity index (χ4n) is 4.31. The minimum atomic E-state index is -0.744. The highest BCUT2D eigenvalue weighted by Gasteiger charge is 2.54. The van der Waals surface area contributed by atoms with Gasteiger partial charge < -0.3 is 0 Å². The van der Waals surface area contributed by atoms with Crippen LogP contribution in [-0.4, -0.2) is 54.6 Å². The van der Waals surface area contributed by atoms with Crippen LogP contribution in [0.4, 0.5) is 5.69 Å². The number of nitrogens with zero attached hydrogens (tertiary/aromatic N) is 3. The highest BCUT2D eigenvalue weighted by atomic mass is 79.9.